The monoisotopic (exact) mass is 483 g/mol. The average Bonchev–Trinajstić information content (AvgIpc) is 3.27. The Kier molecular flexibility index (Phi) is 7.09. The summed E-state index contributed by atoms with van der Waals surface area (Å²) in [6.45, 7) is 11.0. The zero-order chi connectivity index (χ0) is 26.0. The molecule has 1 aliphatic heterocycles. The summed E-state index contributed by atoms with van der Waals surface area (Å²) in [4.78, 5) is 17.9. The predicted molar refractivity (Wildman–Crippen MR) is 140 cm³/mol. The third-order valence-electron chi connectivity index (χ3n) is 6.98. The molecule has 2 heterocycles. The number of fused-ring (bicyclic) bond motifs is 1. The molecule has 0 aliphatic carbocycles. The van der Waals surface area contributed by atoms with Crippen LogP contribution >= 0.6 is 0 Å². The van der Waals surface area contributed by atoms with Gasteiger partial charge < -0.3 is 14.4 Å². The number of piperidine rings is 1. The molecule has 0 bridgehead atoms. The van der Waals surface area contributed by atoms with Crippen molar-refractivity contribution < 1.29 is 14.3 Å². The van der Waals surface area contributed by atoms with Crippen molar-refractivity contribution in [2.24, 2.45) is 11.3 Å². The van der Waals surface area contributed by atoms with Gasteiger partial charge in [-0.25, -0.2) is 9.78 Å². The molecule has 1 N–H and O–H groups in total. The molecular weight excluding hydrogens is 450 g/mol. The molecule has 1 saturated heterocycles. The molecular formula is C30H33N3O3. The number of hydrogen-bond donors (Lipinski definition) is 1. The third-order valence-corrected chi connectivity index (χ3v) is 6.98. The van der Waals surface area contributed by atoms with Crippen LogP contribution in [0.5, 0.6) is 0 Å². The third kappa shape index (κ3) is 5.39. The summed E-state index contributed by atoms with van der Waals surface area (Å²) in [5, 5.41) is 18.9. The smallest absolute Gasteiger partial charge is 0.407 e. The maximum absolute atomic E-state index is 11.6. The maximum atomic E-state index is 11.6. The van der Waals surface area contributed by atoms with Gasteiger partial charge in [-0.05, 0) is 66.5 Å². The van der Waals surface area contributed by atoms with Gasteiger partial charge in [-0.15, -0.1) is 0 Å². The Bertz CT molecular complexity index is 1360. The number of hydrogen-bond acceptors (Lipinski definition) is 4. The molecule has 6 heteroatoms. The molecule has 1 amide bonds. The van der Waals surface area contributed by atoms with E-state index in [1.54, 1.807) is 11.0 Å². The Morgan fingerprint density at radius 1 is 1.22 bits per heavy atom. The summed E-state index contributed by atoms with van der Waals surface area (Å²) in [5.74, 6) is 7.71. The van der Waals surface area contributed by atoms with Crippen molar-refractivity contribution >= 4 is 17.2 Å². The minimum Gasteiger partial charge on any atom is -0.465 e. The number of oxazole rings is 1. The Balaban J connectivity index is 1.47. The zero-order valence-corrected chi connectivity index (χ0v) is 21.6. The van der Waals surface area contributed by atoms with Crippen LogP contribution in [0.15, 0.2) is 40.8 Å². The highest BCUT2D eigenvalue weighted by Crippen LogP contribution is 2.36. The van der Waals surface area contributed by atoms with Gasteiger partial charge >= 0.3 is 6.09 Å². The number of carboxylic acid groups (broad SMARTS) is 1. The van der Waals surface area contributed by atoms with E-state index < -0.39 is 6.09 Å². The number of amides is 1. The molecule has 0 spiro atoms. The highest BCUT2D eigenvalue weighted by Gasteiger charge is 2.38. The van der Waals surface area contributed by atoms with Crippen LogP contribution in [0.25, 0.3) is 22.6 Å². The second kappa shape index (κ2) is 10.1. The van der Waals surface area contributed by atoms with Crippen LogP contribution in [-0.2, 0) is 0 Å². The van der Waals surface area contributed by atoms with E-state index in [2.05, 4.69) is 57.5 Å². The standard InChI is InChI=1S/C30H33N3O3/c1-19(2)24-15-22(18-31)16-25-27(24)36-28(32-25)23-11-9-20(10-12-23)7-6-8-21-13-14-33(29(34)35)26(17-21)30(3,4)5/h9-12,15-16,19,21,26H,8,13-14,17H2,1-5H3,(H,34,35). The van der Waals surface area contributed by atoms with E-state index in [0.717, 1.165) is 41.5 Å². The number of nitriles is 1. The fourth-order valence-electron chi connectivity index (χ4n) is 4.94. The average molecular weight is 484 g/mol. The quantitative estimate of drug-likeness (QED) is 0.404. The van der Waals surface area contributed by atoms with Crippen molar-refractivity contribution in [3.8, 4) is 29.4 Å². The van der Waals surface area contributed by atoms with Gasteiger partial charge in [0, 0.05) is 35.7 Å². The number of likely N-dealkylation sites (tertiary alicyclic amines) is 1. The van der Waals surface area contributed by atoms with Crippen molar-refractivity contribution in [3.05, 3.63) is 53.1 Å². The van der Waals surface area contributed by atoms with Gasteiger partial charge in [-0.2, -0.15) is 5.26 Å². The maximum Gasteiger partial charge on any atom is 0.407 e. The van der Waals surface area contributed by atoms with Crippen LogP contribution in [0.3, 0.4) is 0 Å². The second-order valence-electron chi connectivity index (χ2n) is 11.0. The lowest BCUT2D eigenvalue weighted by molar-refractivity contribution is 0.0415. The first-order chi connectivity index (χ1) is 17.1. The van der Waals surface area contributed by atoms with E-state index in [0.29, 0.717) is 29.4 Å². The molecule has 2 atom stereocenters. The minimum absolute atomic E-state index is 0.00610. The fourth-order valence-corrected chi connectivity index (χ4v) is 4.94. The van der Waals surface area contributed by atoms with Gasteiger partial charge in [-0.1, -0.05) is 46.5 Å². The lowest BCUT2D eigenvalue weighted by Gasteiger charge is -2.44. The van der Waals surface area contributed by atoms with Gasteiger partial charge in [-0.3, -0.25) is 0 Å². The number of aromatic nitrogens is 1. The van der Waals surface area contributed by atoms with Crippen molar-refractivity contribution in [2.75, 3.05) is 6.54 Å². The van der Waals surface area contributed by atoms with Crippen molar-refractivity contribution in [2.45, 2.75) is 65.8 Å². The number of nitrogens with zero attached hydrogens (tertiary/aromatic N) is 3. The van der Waals surface area contributed by atoms with Gasteiger partial charge in [0.15, 0.2) is 5.58 Å². The Labute approximate surface area is 212 Å². The molecule has 2 aromatic carbocycles. The molecule has 6 nitrogen and oxygen atoms in total. The van der Waals surface area contributed by atoms with Gasteiger partial charge in [0.25, 0.3) is 0 Å². The summed E-state index contributed by atoms with van der Waals surface area (Å²) in [5.41, 5.74) is 4.66. The molecule has 1 aliphatic rings. The van der Waals surface area contributed by atoms with E-state index in [9.17, 15) is 15.2 Å². The summed E-state index contributed by atoms with van der Waals surface area (Å²) in [6, 6.07) is 13.7. The summed E-state index contributed by atoms with van der Waals surface area (Å²) >= 11 is 0. The van der Waals surface area contributed by atoms with Gasteiger partial charge in [0.1, 0.15) is 5.52 Å². The lowest BCUT2D eigenvalue weighted by Crippen LogP contribution is -2.51. The summed E-state index contributed by atoms with van der Waals surface area (Å²) < 4.78 is 6.11. The normalized spacial score (nSPS) is 18.1. The van der Waals surface area contributed by atoms with Crippen molar-refractivity contribution in [1.29, 1.82) is 5.26 Å². The second-order valence-corrected chi connectivity index (χ2v) is 11.0. The first-order valence-electron chi connectivity index (χ1n) is 12.5. The molecule has 3 aromatic rings. The number of benzene rings is 2. The van der Waals surface area contributed by atoms with Crippen LogP contribution < -0.4 is 0 Å². The fraction of sp³-hybridized carbons (Fsp3) is 0.433. The SMILES string of the molecule is CC(C)c1cc(C#N)cc2nc(-c3ccc(C#CCC4CCN(C(=O)O)C(C(C)(C)C)C4)cc3)oc12. The van der Waals surface area contributed by atoms with Crippen LogP contribution in [0.4, 0.5) is 4.79 Å². The van der Waals surface area contributed by atoms with E-state index in [1.165, 1.54) is 0 Å². The highest BCUT2D eigenvalue weighted by molar-refractivity contribution is 5.81. The molecule has 2 unspecified atom stereocenters. The molecule has 4 rings (SSSR count). The number of rotatable bonds is 3. The molecule has 1 fully saturated rings. The molecule has 0 saturated carbocycles. The van der Waals surface area contributed by atoms with Crippen molar-refractivity contribution in [1.82, 2.24) is 9.88 Å². The van der Waals surface area contributed by atoms with Gasteiger partial charge in [0.2, 0.25) is 5.89 Å². The minimum atomic E-state index is -0.829. The van der Waals surface area contributed by atoms with Crippen molar-refractivity contribution in [3.63, 3.8) is 0 Å². The molecule has 186 valence electrons. The van der Waals surface area contributed by atoms with Crippen LogP contribution in [-0.4, -0.2) is 33.7 Å². The Morgan fingerprint density at radius 2 is 1.94 bits per heavy atom. The predicted octanol–water partition coefficient (Wildman–Crippen LogP) is 7.04. The van der Waals surface area contributed by atoms with E-state index in [-0.39, 0.29) is 17.4 Å². The largest absolute Gasteiger partial charge is 0.465 e. The molecule has 36 heavy (non-hydrogen) atoms. The number of carbonyl (C=O) groups is 1. The Morgan fingerprint density at radius 3 is 2.56 bits per heavy atom. The van der Waals surface area contributed by atoms with Crippen LogP contribution in [0.1, 0.15) is 76.5 Å². The van der Waals surface area contributed by atoms with E-state index in [4.69, 9.17) is 4.42 Å². The molecule has 1 aromatic heterocycles. The van der Waals surface area contributed by atoms with E-state index >= 15 is 0 Å². The Hall–Kier alpha value is -3.77. The zero-order valence-electron chi connectivity index (χ0n) is 21.6. The lowest BCUT2D eigenvalue weighted by atomic mass is 9.76. The van der Waals surface area contributed by atoms with Gasteiger partial charge in [0.05, 0.1) is 11.6 Å². The highest BCUT2D eigenvalue weighted by atomic mass is 16.4. The first-order valence-corrected chi connectivity index (χ1v) is 12.5. The van der Waals surface area contributed by atoms with E-state index in [1.807, 2.05) is 30.3 Å². The summed E-state index contributed by atoms with van der Waals surface area (Å²) in [7, 11) is 0. The topological polar surface area (TPSA) is 90.4 Å². The van der Waals surface area contributed by atoms with Crippen LogP contribution in [0.2, 0.25) is 0 Å². The first kappa shape index (κ1) is 25.3. The van der Waals surface area contributed by atoms with Crippen LogP contribution in [0, 0.1) is 34.5 Å². The molecule has 0 radical (unpaired) electrons. The summed E-state index contributed by atoms with van der Waals surface area (Å²) in [6.07, 6.45) is 1.61.